The summed E-state index contributed by atoms with van der Waals surface area (Å²) in [6.45, 7) is -0.0913. The van der Waals surface area contributed by atoms with Gasteiger partial charge in [0.15, 0.2) is 0 Å². The maximum Gasteiger partial charge on any atom is 0.365 e. The molecule has 2 N–H and O–H groups in total. The highest BCUT2D eigenvalue weighted by Crippen LogP contribution is 2.26. The number of fused-ring (bicyclic) bond motifs is 1. The second kappa shape index (κ2) is 10.3. The van der Waals surface area contributed by atoms with E-state index in [2.05, 4.69) is 13.9 Å². The summed E-state index contributed by atoms with van der Waals surface area (Å²) >= 11 is 6.74. The number of hydrogen-bond acceptors (Lipinski definition) is 9. The quantitative estimate of drug-likeness (QED) is 0.153. The summed E-state index contributed by atoms with van der Waals surface area (Å²) in [5, 5.41) is 4.11. The highest BCUT2D eigenvalue weighted by molar-refractivity contribution is 7.89. The van der Waals surface area contributed by atoms with Gasteiger partial charge < -0.3 is 15.0 Å². The Labute approximate surface area is 203 Å². The molecular weight excluding hydrogens is 502 g/mol. The lowest BCUT2D eigenvalue weighted by Gasteiger charge is -2.21. The van der Waals surface area contributed by atoms with Crippen molar-refractivity contribution in [3.05, 3.63) is 77.2 Å². The van der Waals surface area contributed by atoms with Crippen molar-refractivity contribution in [2.45, 2.75) is 17.9 Å². The predicted octanol–water partition coefficient (Wildman–Crippen LogP) is 3.65. The Morgan fingerprint density at radius 2 is 1.94 bits per heavy atom. The van der Waals surface area contributed by atoms with Crippen LogP contribution >= 0.6 is 23.3 Å². The third kappa shape index (κ3) is 5.42. The average molecular weight is 520 g/mol. The molecule has 10 nitrogen and oxygen atoms in total. The van der Waals surface area contributed by atoms with E-state index in [1.807, 2.05) is 0 Å². The number of nitrogens with zero attached hydrogens (tertiary/aromatic N) is 4. The maximum atomic E-state index is 13.5. The SMILES string of the molecule is N/C(CCN(Cc1ccco1)S(=O)(=O)c1cccc2nsnc12)=N/OC(=O)c1ccc(Cl)cc1. The lowest BCUT2D eigenvalue weighted by molar-refractivity contribution is 0.0514. The van der Waals surface area contributed by atoms with Gasteiger partial charge in [0.25, 0.3) is 0 Å². The van der Waals surface area contributed by atoms with Crippen LogP contribution in [0, 0.1) is 0 Å². The smallest absolute Gasteiger partial charge is 0.365 e. The van der Waals surface area contributed by atoms with Crippen LogP contribution in [0.1, 0.15) is 22.5 Å². The zero-order valence-corrected chi connectivity index (χ0v) is 19.9. The molecule has 0 fully saturated rings. The molecular formula is C21H18ClN5O5S2. The summed E-state index contributed by atoms with van der Waals surface area (Å²) in [4.78, 5) is 17.0. The molecule has 2 heterocycles. The first kappa shape index (κ1) is 23.8. The summed E-state index contributed by atoms with van der Waals surface area (Å²) in [6.07, 6.45) is 1.45. The topological polar surface area (TPSA) is 141 Å². The monoisotopic (exact) mass is 519 g/mol. The number of halogens is 1. The highest BCUT2D eigenvalue weighted by atomic mass is 35.5. The molecule has 4 rings (SSSR count). The molecule has 2 aromatic carbocycles. The lowest BCUT2D eigenvalue weighted by Crippen LogP contribution is -2.34. The Bertz CT molecular complexity index is 1420. The number of hydrogen-bond donors (Lipinski definition) is 1. The minimum Gasteiger partial charge on any atom is -0.468 e. The van der Waals surface area contributed by atoms with E-state index < -0.39 is 16.0 Å². The van der Waals surface area contributed by atoms with Gasteiger partial charge >= 0.3 is 5.97 Å². The Morgan fingerprint density at radius 3 is 2.68 bits per heavy atom. The maximum absolute atomic E-state index is 13.5. The summed E-state index contributed by atoms with van der Waals surface area (Å²) in [6, 6.07) is 14.2. The number of carbonyl (C=O) groups excluding carboxylic acids is 1. The second-order valence-corrected chi connectivity index (χ2v) is 9.90. The van der Waals surface area contributed by atoms with E-state index in [1.165, 1.54) is 28.8 Å². The van der Waals surface area contributed by atoms with E-state index in [1.54, 1.807) is 36.4 Å². The first-order valence-corrected chi connectivity index (χ1v) is 12.4. The fourth-order valence-corrected chi connectivity index (χ4v) is 5.30. The Balaban J connectivity index is 1.51. The Hall–Kier alpha value is -3.32. The van der Waals surface area contributed by atoms with Gasteiger partial charge in [0, 0.05) is 18.0 Å². The molecule has 2 aromatic heterocycles. The zero-order valence-electron chi connectivity index (χ0n) is 17.5. The van der Waals surface area contributed by atoms with E-state index in [-0.39, 0.29) is 41.3 Å². The van der Waals surface area contributed by atoms with E-state index in [0.717, 1.165) is 11.7 Å². The van der Waals surface area contributed by atoms with Crippen molar-refractivity contribution in [1.29, 1.82) is 0 Å². The Kier molecular flexibility index (Phi) is 7.22. The Morgan fingerprint density at radius 1 is 1.15 bits per heavy atom. The number of sulfonamides is 1. The number of furan rings is 1. The molecule has 13 heteroatoms. The summed E-state index contributed by atoms with van der Waals surface area (Å²) < 4.78 is 41.8. The van der Waals surface area contributed by atoms with Crippen LogP contribution in [0.3, 0.4) is 0 Å². The van der Waals surface area contributed by atoms with Gasteiger partial charge in [0.2, 0.25) is 10.0 Å². The average Bonchev–Trinajstić information content (AvgIpc) is 3.52. The molecule has 0 atom stereocenters. The molecule has 0 spiro atoms. The van der Waals surface area contributed by atoms with Crippen molar-refractivity contribution in [2.75, 3.05) is 6.54 Å². The molecule has 0 radical (unpaired) electrons. The van der Waals surface area contributed by atoms with Crippen LogP contribution in [0.25, 0.3) is 11.0 Å². The van der Waals surface area contributed by atoms with Crippen LogP contribution in [-0.2, 0) is 21.4 Å². The van der Waals surface area contributed by atoms with Crippen LogP contribution < -0.4 is 5.73 Å². The van der Waals surface area contributed by atoms with Crippen LogP contribution in [-0.4, -0.2) is 39.8 Å². The van der Waals surface area contributed by atoms with Crippen molar-refractivity contribution in [3.63, 3.8) is 0 Å². The summed E-state index contributed by atoms with van der Waals surface area (Å²) in [5.41, 5.74) is 6.90. The van der Waals surface area contributed by atoms with Crippen LogP contribution in [0.5, 0.6) is 0 Å². The second-order valence-electron chi connectivity index (χ2n) is 7.02. The largest absolute Gasteiger partial charge is 0.468 e. The number of amidine groups is 1. The first-order valence-electron chi connectivity index (χ1n) is 9.87. The van der Waals surface area contributed by atoms with Gasteiger partial charge in [-0.25, -0.2) is 13.2 Å². The van der Waals surface area contributed by atoms with Gasteiger partial charge in [-0.1, -0.05) is 22.8 Å². The number of aromatic nitrogens is 2. The standard InChI is InChI=1S/C21H18ClN5O5S2/c22-15-8-6-14(7-9-15)21(28)32-24-19(23)10-11-27(13-16-3-2-12-31-16)34(29,30)18-5-1-4-17-20(18)26-33-25-17/h1-9,12H,10-11,13H2,(H2,23,24). The van der Waals surface area contributed by atoms with Crippen LogP contribution in [0.15, 0.2) is 75.3 Å². The molecule has 0 bridgehead atoms. The molecule has 4 aromatic rings. The van der Waals surface area contributed by atoms with Gasteiger partial charge in [-0.15, -0.1) is 0 Å². The fourth-order valence-electron chi connectivity index (χ4n) is 3.01. The zero-order chi connectivity index (χ0) is 24.1. The number of oxime groups is 1. The van der Waals surface area contributed by atoms with Crippen molar-refractivity contribution in [3.8, 4) is 0 Å². The van der Waals surface area contributed by atoms with Crippen LogP contribution in [0.2, 0.25) is 5.02 Å². The molecule has 0 saturated heterocycles. The number of benzene rings is 2. The molecule has 0 saturated carbocycles. The normalized spacial score (nSPS) is 12.4. The van der Waals surface area contributed by atoms with Gasteiger partial charge in [-0.05, 0) is 48.5 Å². The van der Waals surface area contributed by atoms with Gasteiger partial charge in [-0.2, -0.15) is 13.1 Å². The minimum absolute atomic E-state index is 0.000865. The van der Waals surface area contributed by atoms with Crippen molar-refractivity contribution in [2.24, 2.45) is 10.9 Å². The van der Waals surface area contributed by atoms with E-state index in [0.29, 0.717) is 16.3 Å². The number of rotatable bonds is 9. The molecule has 0 aliphatic carbocycles. The van der Waals surface area contributed by atoms with E-state index in [4.69, 9.17) is 26.6 Å². The fraction of sp³-hybridized carbons (Fsp3) is 0.143. The molecule has 0 aliphatic heterocycles. The van der Waals surface area contributed by atoms with Crippen molar-refractivity contribution in [1.82, 2.24) is 13.1 Å². The van der Waals surface area contributed by atoms with Gasteiger partial charge in [0.1, 0.15) is 27.5 Å². The highest BCUT2D eigenvalue weighted by Gasteiger charge is 2.28. The lowest BCUT2D eigenvalue weighted by atomic mass is 10.2. The van der Waals surface area contributed by atoms with Crippen molar-refractivity contribution < 1.29 is 22.5 Å². The van der Waals surface area contributed by atoms with E-state index in [9.17, 15) is 13.2 Å². The molecule has 176 valence electrons. The molecule has 34 heavy (non-hydrogen) atoms. The first-order chi connectivity index (χ1) is 16.3. The third-order valence-corrected chi connectivity index (χ3v) is 7.39. The summed E-state index contributed by atoms with van der Waals surface area (Å²) in [7, 11) is -4.00. The number of carbonyl (C=O) groups is 1. The van der Waals surface area contributed by atoms with Crippen molar-refractivity contribution >= 4 is 56.2 Å². The van der Waals surface area contributed by atoms with Crippen LogP contribution in [0.4, 0.5) is 0 Å². The molecule has 0 amide bonds. The molecule has 0 aliphatic rings. The third-order valence-electron chi connectivity index (χ3n) is 4.72. The molecule has 0 unspecified atom stereocenters. The van der Waals surface area contributed by atoms with E-state index >= 15 is 0 Å². The van der Waals surface area contributed by atoms with Gasteiger partial charge in [-0.3, -0.25) is 0 Å². The van der Waals surface area contributed by atoms with Gasteiger partial charge in [0.05, 0.1) is 30.1 Å². The summed E-state index contributed by atoms with van der Waals surface area (Å²) in [5.74, 6) is -0.338. The number of nitrogens with two attached hydrogens (primary N) is 1. The predicted molar refractivity (Wildman–Crippen MR) is 127 cm³/mol. The minimum atomic E-state index is -4.00.